The molecule has 420 valence electrons. The summed E-state index contributed by atoms with van der Waals surface area (Å²) in [5.74, 6) is -0.546. The molecule has 3 aliphatic rings. The Labute approximate surface area is 460 Å². The van der Waals surface area contributed by atoms with Crippen LogP contribution in [0.1, 0.15) is 40.3 Å². The minimum atomic E-state index is -1.65. The van der Waals surface area contributed by atoms with E-state index in [2.05, 4.69) is 5.32 Å². The Kier molecular flexibility index (Phi) is 21.7. The van der Waals surface area contributed by atoms with Crippen molar-refractivity contribution in [3.8, 4) is 0 Å². The zero-order valence-corrected chi connectivity index (χ0v) is 44.0. The highest BCUT2D eigenvalue weighted by Crippen LogP contribution is 2.38. The number of hydrogen-bond acceptors (Lipinski definition) is 16. The van der Waals surface area contributed by atoms with E-state index in [-0.39, 0.29) is 52.9 Å². The molecule has 9 rings (SSSR count). The van der Waals surface area contributed by atoms with Crippen LogP contribution in [0.15, 0.2) is 182 Å². The summed E-state index contributed by atoms with van der Waals surface area (Å²) in [7, 11) is 0. The predicted molar refractivity (Wildman–Crippen MR) is 287 cm³/mol. The van der Waals surface area contributed by atoms with Crippen LogP contribution < -0.4 is 5.32 Å². The zero-order chi connectivity index (χ0) is 54.8. The maximum Gasteiger partial charge on any atom is 0.217 e. The molecule has 0 radical (unpaired) electrons. The molecule has 0 bridgehead atoms. The summed E-state index contributed by atoms with van der Waals surface area (Å²) in [4.78, 5) is 12.9. The Morgan fingerprint density at radius 3 is 1.22 bits per heavy atom. The molecule has 79 heavy (non-hydrogen) atoms. The van der Waals surface area contributed by atoms with Gasteiger partial charge in [0.15, 0.2) is 18.9 Å². The fourth-order valence-electron chi connectivity index (χ4n) is 9.91. The van der Waals surface area contributed by atoms with Crippen molar-refractivity contribution in [3.63, 3.8) is 0 Å². The molecule has 6 aromatic rings. The maximum absolute atomic E-state index is 12.9. The Balaban J connectivity index is 1.15. The van der Waals surface area contributed by atoms with E-state index < -0.39 is 105 Å². The molecule has 0 aromatic heterocycles. The minimum absolute atomic E-state index is 0.00331. The molecule has 0 spiro atoms. The van der Waals surface area contributed by atoms with Gasteiger partial charge in [0.2, 0.25) is 5.91 Å². The highest BCUT2D eigenvalue weighted by atomic mass is 16.8. The summed E-state index contributed by atoms with van der Waals surface area (Å²) in [6, 6.07) is 56.0. The second-order valence-corrected chi connectivity index (χ2v) is 19.8. The second kappa shape index (κ2) is 29.6. The average Bonchev–Trinajstić information content (AvgIpc) is 3.54. The summed E-state index contributed by atoms with van der Waals surface area (Å²) in [5, 5.41) is 48.0. The second-order valence-electron chi connectivity index (χ2n) is 19.8. The molecule has 6 aromatic carbocycles. The van der Waals surface area contributed by atoms with Crippen molar-refractivity contribution in [3.05, 3.63) is 215 Å². The molecule has 3 aliphatic heterocycles. The third-order valence-electron chi connectivity index (χ3n) is 14.0. The first-order valence-corrected chi connectivity index (χ1v) is 26.8. The average molecular weight is 1090 g/mol. The number of rotatable bonds is 26. The molecule has 1 amide bonds. The van der Waals surface area contributed by atoms with Crippen LogP contribution in [-0.2, 0) is 96.5 Å². The first-order valence-electron chi connectivity index (χ1n) is 26.8. The lowest BCUT2D eigenvalue weighted by Crippen LogP contribution is -2.69. The monoisotopic (exact) mass is 1090 g/mol. The van der Waals surface area contributed by atoms with Crippen molar-refractivity contribution in [2.45, 2.75) is 139 Å². The quantitative estimate of drug-likeness (QED) is 0.0427. The topological polar surface area (TPSA) is 212 Å². The van der Waals surface area contributed by atoms with Crippen LogP contribution in [0.2, 0.25) is 0 Å². The minimum Gasteiger partial charge on any atom is -0.394 e. The first kappa shape index (κ1) is 57.9. The van der Waals surface area contributed by atoms with Crippen LogP contribution in [0.3, 0.4) is 0 Å². The number of aliphatic hydroxyl groups excluding tert-OH is 4. The Morgan fingerprint density at radius 1 is 0.418 bits per heavy atom. The molecule has 0 aliphatic carbocycles. The number of carbonyl (C=O) groups excluding carboxylic acids is 1. The number of nitrogens with one attached hydrogen (secondary N) is 1. The molecule has 17 nitrogen and oxygen atoms in total. The number of carbonyl (C=O) groups is 1. The fourth-order valence-corrected chi connectivity index (χ4v) is 9.91. The summed E-state index contributed by atoms with van der Waals surface area (Å²) in [5.41, 5.74) is 5.11. The molecular weight excluding hydrogens is 1010 g/mol. The molecule has 3 heterocycles. The van der Waals surface area contributed by atoms with Crippen LogP contribution in [0.5, 0.6) is 0 Å². The van der Waals surface area contributed by atoms with E-state index >= 15 is 0 Å². The van der Waals surface area contributed by atoms with E-state index in [9.17, 15) is 25.2 Å². The lowest BCUT2D eigenvalue weighted by molar-refractivity contribution is -0.386. The van der Waals surface area contributed by atoms with Gasteiger partial charge in [0, 0.05) is 6.92 Å². The van der Waals surface area contributed by atoms with Gasteiger partial charge >= 0.3 is 0 Å². The molecule has 3 fully saturated rings. The normalized spacial score (nSPS) is 28.9. The van der Waals surface area contributed by atoms with Gasteiger partial charge in [-0.05, 0) is 33.4 Å². The van der Waals surface area contributed by atoms with Crippen molar-refractivity contribution in [2.75, 3.05) is 19.8 Å². The SMILES string of the molecule is CC(=O)N[C@H]1[C@H](O[C@H]2[C@@H](OCc3ccccc3)[C@@H](COCc3ccccc3)O[C@@H](O[C@H]3[C@H](OCc4ccccc4)[C@@H](OCc4ccccc4)[C@H](O)O[C@@H]3COCc3ccccc3)[C@@H]2OCc2ccccc2)O[C@H](CO)[C@@H](O)[C@@H]1O. The van der Waals surface area contributed by atoms with E-state index in [4.69, 9.17) is 52.1 Å². The third kappa shape index (κ3) is 16.2. The van der Waals surface area contributed by atoms with Gasteiger partial charge < -0.3 is 77.8 Å². The summed E-state index contributed by atoms with van der Waals surface area (Å²) >= 11 is 0. The van der Waals surface area contributed by atoms with Crippen molar-refractivity contribution in [2.24, 2.45) is 0 Å². The fraction of sp³-hybridized carbons (Fsp3) is 0.403. The number of amides is 1. The lowest BCUT2D eigenvalue weighted by atomic mass is 9.94. The van der Waals surface area contributed by atoms with Crippen LogP contribution >= 0.6 is 0 Å². The van der Waals surface area contributed by atoms with Gasteiger partial charge in [0.25, 0.3) is 0 Å². The third-order valence-corrected chi connectivity index (χ3v) is 14.0. The van der Waals surface area contributed by atoms with E-state index in [0.29, 0.717) is 0 Å². The smallest absolute Gasteiger partial charge is 0.217 e. The molecule has 0 unspecified atom stereocenters. The largest absolute Gasteiger partial charge is 0.394 e. The van der Waals surface area contributed by atoms with Crippen molar-refractivity contribution >= 4 is 5.91 Å². The molecule has 17 heteroatoms. The summed E-state index contributed by atoms with van der Waals surface area (Å²) < 4.78 is 74.7. The Hall–Kier alpha value is -5.81. The molecule has 0 saturated carbocycles. The van der Waals surface area contributed by atoms with Gasteiger partial charge in [0.05, 0.1) is 59.5 Å². The van der Waals surface area contributed by atoms with Gasteiger partial charge in [-0.2, -0.15) is 0 Å². The van der Waals surface area contributed by atoms with Crippen LogP contribution in [0.4, 0.5) is 0 Å². The van der Waals surface area contributed by atoms with E-state index in [1.165, 1.54) is 6.92 Å². The molecule has 15 atom stereocenters. The van der Waals surface area contributed by atoms with Gasteiger partial charge in [-0.15, -0.1) is 0 Å². The highest BCUT2D eigenvalue weighted by Gasteiger charge is 2.56. The van der Waals surface area contributed by atoms with E-state index in [1.54, 1.807) is 0 Å². The maximum atomic E-state index is 12.9. The predicted octanol–water partition coefficient (Wildman–Crippen LogP) is 5.92. The number of ether oxygens (including phenoxy) is 11. The van der Waals surface area contributed by atoms with Crippen LogP contribution in [-0.4, -0.2) is 138 Å². The van der Waals surface area contributed by atoms with Crippen LogP contribution in [0.25, 0.3) is 0 Å². The standard InChI is InChI=1S/C62H71NO16/c1-41(65)63-51-53(67)52(66)48(32-64)76-61(51)79-57-54(71-35-44-24-12-4-13-25-44)49(39-69-33-42-20-8-2-9-21-42)77-62(59(57)74-38-47-30-18-7-19-31-47)78-55-50(40-70-34-43-22-10-3-11-23-43)75-60(68)58(73-37-46-28-16-6-17-29-46)56(55)72-36-45-26-14-5-15-27-45/h2-31,48-62,64,66-68H,32-40H2,1H3,(H,63,65)/t48-,49-,50-,51-,52-,53-,54+,55-,56+,57+,58-,59-,60-,61+,62+/m1/s1. The van der Waals surface area contributed by atoms with E-state index in [0.717, 1.165) is 33.4 Å². The molecule has 5 N–H and O–H groups in total. The summed E-state index contributed by atoms with van der Waals surface area (Å²) in [6.45, 7) is 1.04. The highest BCUT2D eigenvalue weighted by molar-refractivity contribution is 5.73. The number of hydrogen-bond donors (Lipinski definition) is 5. The number of aliphatic hydroxyl groups is 4. The zero-order valence-electron chi connectivity index (χ0n) is 44.0. The van der Waals surface area contributed by atoms with Crippen LogP contribution in [0, 0.1) is 0 Å². The Bertz CT molecular complexity index is 2670. The number of benzene rings is 6. The van der Waals surface area contributed by atoms with Crippen molar-refractivity contribution in [1.29, 1.82) is 0 Å². The Morgan fingerprint density at radius 2 is 0.785 bits per heavy atom. The first-order chi connectivity index (χ1) is 38.7. The van der Waals surface area contributed by atoms with Gasteiger partial charge in [-0.25, -0.2) is 0 Å². The van der Waals surface area contributed by atoms with E-state index in [1.807, 2.05) is 182 Å². The summed E-state index contributed by atoms with van der Waals surface area (Å²) in [6.07, 6.45) is -18.0. The van der Waals surface area contributed by atoms with Gasteiger partial charge in [-0.3, -0.25) is 4.79 Å². The van der Waals surface area contributed by atoms with Gasteiger partial charge in [-0.1, -0.05) is 182 Å². The molecular formula is C62H71NO16. The van der Waals surface area contributed by atoms with Gasteiger partial charge in [0.1, 0.15) is 73.2 Å². The van der Waals surface area contributed by atoms with Crippen molar-refractivity contribution < 1.29 is 77.3 Å². The lowest BCUT2D eigenvalue weighted by Gasteiger charge is -2.51. The van der Waals surface area contributed by atoms with Crippen molar-refractivity contribution in [1.82, 2.24) is 5.32 Å². The molecule has 3 saturated heterocycles.